The number of nitrogens with zero attached hydrogens (tertiary/aromatic N) is 3. The maximum atomic E-state index is 11.0. The average molecular weight is 201 g/mol. The predicted octanol–water partition coefficient (Wildman–Crippen LogP) is -0.698. The molecule has 1 aromatic heterocycles. The summed E-state index contributed by atoms with van der Waals surface area (Å²) in [6.45, 7) is 0.255. The van der Waals surface area contributed by atoms with Gasteiger partial charge in [0.25, 0.3) is 0 Å². The summed E-state index contributed by atoms with van der Waals surface area (Å²) in [4.78, 5) is 16.6. The molecule has 0 saturated heterocycles. The van der Waals surface area contributed by atoms with Crippen LogP contribution < -0.4 is 16.0 Å². The lowest BCUT2D eigenvalue weighted by atomic mass is 10.5. The molecule has 0 unspecified atom stereocenters. The zero-order valence-corrected chi connectivity index (χ0v) is 8.26. The zero-order valence-electron chi connectivity index (χ0n) is 7.44. The van der Waals surface area contributed by atoms with E-state index in [0.717, 1.165) is 0 Å². The molecule has 0 spiro atoms. The van der Waals surface area contributed by atoms with E-state index in [1.165, 1.54) is 11.5 Å². The molecule has 0 bridgehead atoms. The van der Waals surface area contributed by atoms with E-state index >= 15 is 0 Å². The molecule has 13 heavy (non-hydrogen) atoms. The Balaban J connectivity index is 2.58. The van der Waals surface area contributed by atoms with Crippen molar-refractivity contribution in [1.82, 2.24) is 14.7 Å². The Morgan fingerprint density at radius 2 is 2.46 bits per heavy atom. The van der Waals surface area contributed by atoms with E-state index in [-0.39, 0.29) is 18.4 Å². The maximum Gasteiger partial charge on any atom is 0.239 e. The summed E-state index contributed by atoms with van der Waals surface area (Å²) < 4.78 is 3.81. The Hall–Kier alpha value is -1.37. The number of carbonyl (C=O) groups excluding carboxylic acids is 1. The van der Waals surface area contributed by atoms with Crippen LogP contribution >= 0.6 is 11.5 Å². The first-order chi connectivity index (χ1) is 6.13. The van der Waals surface area contributed by atoms with Crippen LogP contribution in [0.1, 0.15) is 0 Å². The van der Waals surface area contributed by atoms with Crippen LogP contribution in [-0.4, -0.2) is 35.9 Å². The molecule has 1 aromatic rings. The number of nitrogen functional groups attached to an aromatic ring is 1. The summed E-state index contributed by atoms with van der Waals surface area (Å²) in [6.07, 6.45) is 0. The molecule has 0 atom stereocenters. The first kappa shape index (κ1) is 9.72. The van der Waals surface area contributed by atoms with Gasteiger partial charge in [0.05, 0.1) is 6.54 Å². The van der Waals surface area contributed by atoms with Crippen molar-refractivity contribution in [2.75, 3.05) is 31.3 Å². The van der Waals surface area contributed by atoms with Gasteiger partial charge in [0, 0.05) is 25.6 Å². The first-order valence-electron chi connectivity index (χ1n) is 3.64. The van der Waals surface area contributed by atoms with Crippen LogP contribution in [0.5, 0.6) is 0 Å². The van der Waals surface area contributed by atoms with E-state index < -0.39 is 0 Å². The third-order valence-electron chi connectivity index (χ3n) is 1.42. The fourth-order valence-corrected chi connectivity index (χ4v) is 1.30. The predicted molar refractivity (Wildman–Crippen MR) is 51.7 cm³/mol. The Kier molecular flexibility index (Phi) is 3.02. The third-order valence-corrected chi connectivity index (χ3v) is 2.26. The molecule has 1 heterocycles. The number of hydrogen-bond donors (Lipinski definition) is 2. The van der Waals surface area contributed by atoms with E-state index in [2.05, 4.69) is 14.7 Å². The van der Waals surface area contributed by atoms with Crippen molar-refractivity contribution in [3.8, 4) is 0 Å². The van der Waals surface area contributed by atoms with Crippen LogP contribution in [0.4, 0.5) is 11.1 Å². The molecule has 0 aliphatic rings. The van der Waals surface area contributed by atoms with Gasteiger partial charge < -0.3 is 16.0 Å². The number of nitrogens with one attached hydrogen (secondary N) is 1. The first-order valence-corrected chi connectivity index (χ1v) is 4.41. The molecule has 1 amide bonds. The largest absolute Gasteiger partial charge is 0.367 e. The van der Waals surface area contributed by atoms with Crippen LogP contribution in [0.25, 0.3) is 0 Å². The van der Waals surface area contributed by atoms with Crippen molar-refractivity contribution in [3.63, 3.8) is 0 Å². The molecule has 0 fully saturated rings. The number of carbonyl (C=O) groups is 1. The summed E-state index contributed by atoms with van der Waals surface area (Å²) in [5.74, 6) is 0.167. The molecule has 0 saturated carbocycles. The van der Waals surface area contributed by atoms with Crippen LogP contribution in [0.15, 0.2) is 0 Å². The smallest absolute Gasteiger partial charge is 0.239 e. The Labute approximate surface area is 79.9 Å². The van der Waals surface area contributed by atoms with Crippen LogP contribution in [0, 0.1) is 0 Å². The minimum atomic E-state index is -0.0729. The normalized spacial score (nSPS) is 9.69. The molecule has 0 aromatic carbocycles. The van der Waals surface area contributed by atoms with Gasteiger partial charge in [-0.15, -0.1) is 0 Å². The minimum Gasteiger partial charge on any atom is -0.367 e. The van der Waals surface area contributed by atoms with Crippen molar-refractivity contribution in [2.24, 2.45) is 0 Å². The molecule has 72 valence electrons. The molecule has 3 N–H and O–H groups in total. The van der Waals surface area contributed by atoms with E-state index in [4.69, 9.17) is 5.73 Å². The highest BCUT2D eigenvalue weighted by molar-refractivity contribution is 7.09. The van der Waals surface area contributed by atoms with Gasteiger partial charge in [-0.3, -0.25) is 4.79 Å². The Bertz CT molecular complexity index is 299. The van der Waals surface area contributed by atoms with Crippen molar-refractivity contribution >= 4 is 28.5 Å². The standard InChI is InChI=1S/C6H11N5OS/c1-8-4(12)3-11(2)6-9-5(7)10-13-6/h3H2,1-2H3,(H2,7,10)(H,8,12). The second-order valence-electron chi connectivity index (χ2n) is 2.46. The summed E-state index contributed by atoms with van der Waals surface area (Å²) in [6, 6.07) is 0. The zero-order chi connectivity index (χ0) is 9.84. The number of nitrogens with two attached hydrogens (primary N) is 1. The van der Waals surface area contributed by atoms with E-state index in [0.29, 0.717) is 5.13 Å². The van der Waals surface area contributed by atoms with Gasteiger partial charge in [-0.05, 0) is 0 Å². The fraction of sp³-hybridized carbons (Fsp3) is 0.500. The van der Waals surface area contributed by atoms with Crippen LogP contribution in [0.2, 0.25) is 0 Å². The van der Waals surface area contributed by atoms with Gasteiger partial charge in [0.1, 0.15) is 0 Å². The van der Waals surface area contributed by atoms with Gasteiger partial charge in [0.2, 0.25) is 17.0 Å². The van der Waals surface area contributed by atoms with Gasteiger partial charge >= 0.3 is 0 Å². The molecule has 6 nitrogen and oxygen atoms in total. The van der Waals surface area contributed by atoms with Crippen molar-refractivity contribution in [3.05, 3.63) is 0 Å². The molecule has 0 aliphatic carbocycles. The molecule has 0 radical (unpaired) electrons. The number of aromatic nitrogens is 2. The third kappa shape index (κ3) is 2.55. The second kappa shape index (κ2) is 4.04. The topological polar surface area (TPSA) is 84.1 Å². The highest BCUT2D eigenvalue weighted by atomic mass is 32.1. The second-order valence-corrected chi connectivity index (χ2v) is 3.19. The summed E-state index contributed by atoms with van der Waals surface area (Å²) in [7, 11) is 3.35. The number of rotatable bonds is 3. The lowest BCUT2D eigenvalue weighted by molar-refractivity contribution is -0.119. The van der Waals surface area contributed by atoms with Gasteiger partial charge in [-0.2, -0.15) is 9.36 Å². The number of hydrogen-bond acceptors (Lipinski definition) is 6. The SMILES string of the molecule is CNC(=O)CN(C)c1nc(N)ns1. The summed E-state index contributed by atoms with van der Waals surface area (Å²) in [5.41, 5.74) is 5.34. The number of amides is 1. The fourth-order valence-electron chi connectivity index (χ4n) is 0.744. The lowest BCUT2D eigenvalue weighted by Crippen LogP contribution is -2.32. The number of likely N-dealkylation sites (N-methyl/N-ethyl adjacent to an activating group) is 2. The quantitative estimate of drug-likeness (QED) is 0.675. The van der Waals surface area contributed by atoms with Gasteiger partial charge in [0.15, 0.2) is 0 Å². The van der Waals surface area contributed by atoms with Gasteiger partial charge in [-0.1, -0.05) is 0 Å². The van der Waals surface area contributed by atoms with Crippen molar-refractivity contribution in [1.29, 1.82) is 0 Å². The van der Waals surface area contributed by atoms with Crippen molar-refractivity contribution < 1.29 is 4.79 Å². The molecule has 7 heteroatoms. The molecule has 0 aliphatic heterocycles. The molecular weight excluding hydrogens is 190 g/mol. The summed E-state index contributed by atoms with van der Waals surface area (Å²) >= 11 is 1.17. The van der Waals surface area contributed by atoms with E-state index in [1.807, 2.05) is 0 Å². The van der Waals surface area contributed by atoms with Crippen LogP contribution in [-0.2, 0) is 4.79 Å². The monoisotopic (exact) mass is 201 g/mol. The highest BCUT2D eigenvalue weighted by Crippen LogP contribution is 2.15. The van der Waals surface area contributed by atoms with Crippen molar-refractivity contribution in [2.45, 2.75) is 0 Å². The molecule has 1 rings (SSSR count). The van der Waals surface area contributed by atoms with Gasteiger partial charge in [-0.25, -0.2) is 0 Å². The Morgan fingerprint density at radius 3 is 2.92 bits per heavy atom. The average Bonchev–Trinajstić information content (AvgIpc) is 2.51. The molecular formula is C6H11N5OS. The Morgan fingerprint density at radius 1 is 1.77 bits per heavy atom. The van der Waals surface area contributed by atoms with E-state index in [9.17, 15) is 4.79 Å². The highest BCUT2D eigenvalue weighted by Gasteiger charge is 2.09. The number of anilines is 2. The lowest BCUT2D eigenvalue weighted by Gasteiger charge is -2.12. The van der Waals surface area contributed by atoms with E-state index in [1.54, 1.807) is 19.0 Å². The van der Waals surface area contributed by atoms with Crippen LogP contribution in [0.3, 0.4) is 0 Å². The summed E-state index contributed by atoms with van der Waals surface area (Å²) in [5, 5.41) is 3.16. The maximum absolute atomic E-state index is 11.0. The minimum absolute atomic E-state index is 0.0729.